The minimum absolute atomic E-state index is 0.339. The van der Waals surface area contributed by atoms with Crippen LogP contribution in [0.5, 0.6) is 0 Å². The van der Waals surface area contributed by atoms with E-state index in [-0.39, 0.29) is 0 Å². The number of hydrogen-bond acceptors (Lipinski definition) is 3. The maximum atomic E-state index is 9.99. The lowest BCUT2D eigenvalue weighted by molar-refractivity contribution is -0.108. The van der Waals surface area contributed by atoms with Gasteiger partial charge in [0.05, 0.1) is 0 Å². The standard InChI is InChI=1S/C7H14N2O/c8-7-2-4-9(6-7)3-1-5-10/h5,7H,1-4,6,8H2. The maximum Gasteiger partial charge on any atom is 0.121 e. The molecule has 0 aromatic rings. The summed E-state index contributed by atoms with van der Waals surface area (Å²) < 4.78 is 0. The molecule has 10 heavy (non-hydrogen) atoms. The number of rotatable bonds is 3. The summed E-state index contributed by atoms with van der Waals surface area (Å²) in [6.07, 6.45) is 2.69. The molecule has 0 aromatic heterocycles. The zero-order chi connectivity index (χ0) is 7.40. The van der Waals surface area contributed by atoms with Gasteiger partial charge in [-0.25, -0.2) is 0 Å². The van der Waals surface area contributed by atoms with Crippen molar-refractivity contribution in [2.75, 3.05) is 19.6 Å². The molecule has 1 fully saturated rings. The molecule has 0 radical (unpaired) electrons. The molecule has 58 valence electrons. The van der Waals surface area contributed by atoms with E-state index in [0.29, 0.717) is 12.5 Å². The number of hydrogen-bond donors (Lipinski definition) is 1. The average molecular weight is 142 g/mol. The molecule has 1 atom stereocenters. The van der Waals surface area contributed by atoms with Crippen molar-refractivity contribution in [1.82, 2.24) is 4.90 Å². The number of nitrogens with zero attached hydrogens (tertiary/aromatic N) is 1. The van der Waals surface area contributed by atoms with Crippen LogP contribution < -0.4 is 5.73 Å². The van der Waals surface area contributed by atoms with Gasteiger partial charge in [0.15, 0.2) is 0 Å². The number of aldehydes is 1. The Hall–Kier alpha value is -0.410. The molecule has 1 aliphatic rings. The molecular formula is C7H14N2O. The van der Waals surface area contributed by atoms with Crippen LogP contribution in [0.4, 0.5) is 0 Å². The highest BCUT2D eigenvalue weighted by Gasteiger charge is 2.17. The van der Waals surface area contributed by atoms with E-state index in [9.17, 15) is 4.79 Å². The van der Waals surface area contributed by atoms with Gasteiger partial charge in [0, 0.05) is 25.6 Å². The van der Waals surface area contributed by atoms with E-state index in [1.807, 2.05) is 0 Å². The Labute approximate surface area is 61.2 Å². The zero-order valence-corrected chi connectivity index (χ0v) is 6.12. The van der Waals surface area contributed by atoms with E-state index >= 15 is 0 Å². The highest BCUT2D eigenvalue weighted by molar-refractivity contribution is 5.49. The van der Waals surface area contributed by atoms with E-state index in [0.717, 1.165) is 32.3 Å². The first-order valence-corrected chi connectivity index (χ1v) is 3.74. The Morgan fingerprint density at radius 2 is 2.50 bits per heavy atom. The topological polar surface area (TPSA) is 46.3 Å². The van der Waals surface area contributed by atoms with Crippen LogP contribution in [-0.4, -0.2) is 36.9 Å². The third-order valence-electron chi connectivity index (χ3n) is 1.87. The van der Waals surface area contributed by atoms with Crippen LogP contribution in [0.1, 0.15) is 12.8 Å². The summed E-state index contributed by atoms with van der Waals surface area (Å²) in [6.45, 7) is 2.92. The molecule has 0 aromatic carbocycles. The van der Waals surface area contributed by atoms with Crippen LogP contribution >= 0.6 is 0 Å². The van der Waals surface area contributed by atoms with Gasteiger partial charge >= 0.3 is 0 Å². The molecule has 0 saturated carbocycles. The summed E-state index contributed by atoms with van der Waals surface area (Å²) in [7, 11) is 0. The van der Waals surface area contributed by atoms with Crippen molar-refractivity contribution in [3.8, 4) is 0 Å². The predicted octanol–water partition coefficient (Wildman–Crippen LogP) is -0.392. The Balaban J connectivity index is 2.12. The van der Waals surface area contributed by atoms with E-state index in [1.54, 1.807) is 0 Å². The first kappa shape index (κ1) is 7.69. The van der Waals surface area contributed by atoms with Crippen LogP contribution in [-0.2, 0) is 4.79 Å². The molecule has 1 heterocycles. The van der Waals surface area contributed by atoms with Gasteiger partial charge in [-0.3, -0.25) is 0 Å². The lowest BCUT2D eigenvalue weighted by Crippen LogP contribution is -2.27. The van der Waals surface area contributed by atoms with Gasteiger partial charge in [-0.1, -0.05) is 0 Å². The SMILES string of the molecule is NC1CCN(CCC=O)C1. The molecule has 0 bridgehead atoms. The van der Waals surface area contributed by atoms with Crippen LogP contribution in [0.2, 0.25) is 0 Å². The summed E-state index contributed by atoms with van der Waals surface area (Å²) in [6, 6.07) is 0.339. The molecule has 1 aliphatic heterocycles. The second-order valence-corrected chi connectivity index (χ2v) is 2.80. The van der Waals surface area contributed by atoms with Gasteiger partial charge in [0.25, 0.3) is 0 Å². The Morgan fingerprint density at radius 1 is 1.70 bits per heavy atom. The van der Waals surface area contributed by atoms with E-state index in [1.165, 1.54) is 0 Å². The second-order valence-electron chi connectivity index (χ2n) is 2.80. The molecule has 1 saturated heterocycles. The van der Waals surface area contributed by atoms with Crippen molar-refractivity contribution in [1.29, 1.82) is 0 Å². The first-order valence-electron chi connectivity index (χ1n) is 3.74. The Morgan fingerprint density at radius 3 is 3.00 bits per heavy atom. The predicted molar refractivity (Wildman–Crippen MR) is 39.7 cm³/mol. The van der Waals surface area contributed by atoms with Crippen molar-refractivity contribution >= 4 is 6.29 Å². The lowest BCUT2D eigenvalue weighted by atomic mass is 10.3. The van der Waals surface area contributed by atoms with Crippen LogP contribution in [0, 0.1) is 0 Å². The lowest BCUT2D eigenvalue weighted by Gasteiger charge is -2.11. The third-order valence-corrected chi connectivity index (χ3v) is 1.87. The largest absolute Gasteiger partial charge is 0.326 e. The highest BCUT2D eigenvalue weighted by Crippen LogP contribution is 2.05. The maximum absolute atomic E-state index is 9.99. The van der Waals surface area contributed by atoms with Crippen molar-refractivity contribution in [3.63, 3.8) is 0 Å². The zero-order valence-electron chi connectivity index (χ0n) is 6.12. The van der Waals surface area contributed by atoms with E-state index in [2.05, 4.69) is 4.90 Å². The van der Waals surface area contributed by atoms with Crippen molar-refractivity contribution in [3.05, 3.63) is 0 Å². The molecule has 0 aliphatic carbocycles. The second kappa shape index (κ2) is 3.68. The molecule has 1 rings (SSSR count). The summed E-state index contributed by atoms with van der Waals surface area (Å²) in [4.78, 5) is 12.2. The summed E-state index contributed by atoms with van der Waals surface area (Å²) in [5, 5.41) is 0. The molecular weight excluding hydrogens is 128 g/mol. The first-order chi connectivity index (χ1) is 4.83. The van der Waals surface area contributed by atoms with Gasteiger partial charge in [-0.05, 0) is 13.0 Å². The van der Waals surface area contributed by atoms with Crippen molar-refractivity contribution in [2.45, 2.75) is 18.9 Å². The van der Waals surface area contributed by atoms with Gasteiger partial charge in [-0.2, -0.15) is 0 Å². The average Bonchev–Trinajstić information content (AvgIpc) is 2.31. The molecule has 3 heteroatoms. The normalized spacial score (nSPS) is 27.1. The van der Waals surface area contributed by atoms with Gasteiger partial charge < -0.3 is 15.4 Å². The Kier molecular flexibility index (Phi) is 2.83. The van der Waals surface area contributed by atoms with Gasteiger partial charge in [-0.15, -0.1) is 0 Å². The number of likely N-dealkylation sites (tertiary alicyclic amines) is 1. The van der Waals surface area contributed by atoms with Crippen LogP contribution in [0.15, 0.2) is 0 Å². The molecule has 2 N–H and O–H groups in total. The molecule has 0 amide bonds. The summed E-state index contributed by atoms with van der Waals surface area (Å²) in [5.41, 5.74) is 5.67. The quantitative estimate of drug-likeness (QED) is 0.546. The van der Waals surface area contributed by atoms with E-state index in [4.69, 9.17) is 5.73 Å². The van der Waals surface area contributed by atoms with Crippen molar-refractivity contribution < 1.29 is 4.79 Å². The minimum atomic E-state index is 0.339. The number of carbonyl (C=O) groups is 1. The fourth-order valence-corrected chi connectivity index (χ4v) is 1.30. The molecule has 0 spiro atoms. The fraction of sp³-hybridized carbons (Fsp3) is 0.857. The molecule has 3 nitrogen and oxygen atoms in total. The number of nitrogens with two attached hydrogens (primary N) is 1. The van der Waals surface area contributed by atoms with Crippen LogP contribution in [0.25, 0.3) is 0 Å². The third kappa shape index (κ3) is 2.08. The van der Waals surface area contributed by atoms with E-state index < -0.39 is 0 Å². The molecule has 1 unspecified atom stereocenters. The minimum Gasteiger partial charge on any atom is -0.326 e. The smallest absolute Gasteiger partial charge is 0.121 e. The fourth-order valence-electron chi connectivity index (χ4n) is 1.30. The van der Waals surface area contributed by atoms with Crippen LogP contribution in [0.3, 0.4) is 0 Å². The number of carbonyl (C=O) groups excluding carboxylic acids is 1. The highest BCUT2D eigenvalue weighted by atomic mass is 16.1. The summed E-state index contributed by atoms with van der Waals surface area (Å²) >= 11 is 0. The van der Waals surface area contributed by atoms with Gasteiger partial charge in [0.2, 0.25) is 0 Å². The monoisotopic (exact) mass is 142 g/mol. The van der Waals surface area contributed by atoms with Crippen molar-refractivity contribution in [2.24, 2.45) is 5.73 Å². The van der Waals surface area contributed by atoms with Gasteiger partial charge in [0.1, 0.15) is 6.29 Å². The summed E-state index contributed by atoms with van der Waals surface area (Å²) in [5.74, 6) is 0. The Bertz CT molecular complexity index is 116.